The maximum Gasteiger partial charge on any atom is 0.272 e. The lowest BCUT2D eigenvalue weighted by molar-refractivity contribution is -0.268. The van der Waals surface area contributed by atoms with E-state index in [1.165, 1.54) is 0 Å². The van der Waals surface area contributed by atoms with Crippen molar-refractivity contribution in [3.63, 3.8) is 0 Å². The van der Waals surface area contributed by atoms with Crippen molar-refractivity contribution in [2.24, 2.45) is 5.92 Å². The highest BCUT2D eigenvalue weighted by Crippen LogP contribution is 2.43. The van der Waals surface area contributed by atoms with Gasteiger partial charge in [0.25, 0.3) is 9.70 Å². The number of benzene rings is 3. The number of rotatable bonds is 9. The fourth-order valence-corrected chi connectivity index (χ4v) is 7.06. The molecule has 1 fully saturated rings. The molecule has 12 heteroatoms. The number of nitrogens with one attached hydrogen (secondary N) is 1. The summed E-state index contributed by atoms with van der Waals surface area (Å²) in [6.07, 6.45) is -0.916. The largest absolute Gasteiger partial charge is 0.392 e. The van der Waals surface area contributed by atoms with Gasteiger partial charge >= 0.3 is 0 Å². The van der Waals surface area contributed by atoms with Crippen LogP contribution in [-0.4, -0.2) is 36.9 Å². The van der Waals surface area contributed by atoms with E-state index >= 15 is 0 Å². The van der Waals surface area contributed by atoms with Crippen molar-refractivity contribution < 1.29 is 19.4 Å². The molecule has 4 atom stereocenters. The molecule has 1 aromatic heterocycles. The number of aryl methyl sites for hydroxylation is 1. The van der Waals surface area contributed by atoms with Crippen LogP contribution in [0.2, 0.25) is 0 Å². The third-order valence-electron chi connectivity index (χ3n) is 7.21. The maximum atomic E-state index is 12.1. The molecule has 4 aromatic rings. The van der Waals surface area contributed by atoms with Gasteiger partial charge in [-0.05, 0) is 34.7 Å². The predicted molar refractivity (Wildman–Crippen MR) is 172 cm³/mol. The van der Waals surface area contributed by atoms with Crippen LogP contribution in [0.15, 0.2) is 77.1 Å². The highest BCUT2D eigenvalue weighted by molar-refractivity contribution is 8.01. The second kappa shape index (κ2) is 14.3. The molecule has 0 saturated carbocycles. The summed E-state index contributed by atoms with van der Waals surface area (Å²) in [7, 11) is 0. The molecule has 1 amide bonds. The van der Waals surface area contributed by atoms with Crippen molar-refractivity contribution in [2.45, 2.75) is 53.6 Å². The summed E-state index contributed by atoms with van der Waals surface area (Å²) in [5, 5.41) is 21.5. The van der Waals surface area contributed by atoms with Gasteiger partial charge in [-0.3, -0.25) is 4.79 Å². The number of ether oxygens (including phenoxy) is 2. The lowest BCUT2D eigenvalue weighted by Gasteiger charge is -2.41. The van der Waals surface area contributed by atoms with Gasteiger partial charge in [-0.25, -0.2) is 0 Å². The van der Waals surface area contributed by atoms with Crippen LogP contribution in [0, 0.1) is 12.8 Å². The number of halogens is 3. The minimum Gasteiger partial charge on any atom is -0.392 e. The van der Waals surface area contributed by atoms with Crippen molar-refractivity contribution in [3.05, 3.63) is 100 Å². The summed E-state index contributed by atoms with van der Waals surface area (Å²) in [6, 6.07) is 23.6. The van der Waals surface area contributed by atoms with Gasteiger partial charge in [-0.2, -0.15) is 0 Å². The van der Waals surface area contributed by atoms with Gasteiger partial charge in [0.1, 0.15) is 5.01 Å². The van der Waals surface area contributed by atoms with E-state index in [1.807, 2.05) is 79.7 Å². The molecular weight excluding hydrogens is 649 g/mol. The van der Waals surface area contributed by atoms with Gasteiger partial charge in [0.05, 0.1) is 18.8 Å². The quantitative estimate of drug-likeness (QED) is 0.139. The van der Waals surface area contributed by atoms with Crippen LogP contribution in [0.1, 0.15) is 46.6 Å². The maximum absolute atomic E-state index is 12.1. The average Bonchev–Trinajstić information content (AvgIpc) is 3.44. The van der Waals surface area contributed by atoms with Crippen molar-refractivity contribution in [2.75, 3.05) is 5.75 Å². The normalized spacial score (nSPS) is 20.6. The summed E-state index contributed by atoms with van der Waals surface area (Å²) in [4.78, 5) is 12.1. The van der Waals surface area contributed by atoms with E-state index in [-0.39, 0.29) is 31.3 Å². The Balaban J connectivity index is 1.37. The Hall–Kier alpha value is -2.21. The second-order valence-corrected chi connectivity index (χ2v) is 14.9. The van der Waals surface area contributed by atoms with E-state index in [1.54, 1.807) is 23.1 Å². The number of amides is 1. The highest BCUT2D eigenvalue weighted by atomic mass is 35.6. The molecule has 226 valence electrons. The zero-order valence-corrected chi connectivity index (χ0v) is 27.3. The summed E-state index contributed by atoms with van der Waals surface area (Å²) < 4.78 is 12.0. The van der Waals surface area contributed by atoms with Crippen molar-refractivity contribution in [3.8, 4) is 11.1 Å². The van der Waals surface area contributed by atoms with Crippen LogP contribution < -0.4 is 5.32 Å². The van der Waals surface area contributed by atoms with Crippen molar-refractivity contribution in [1.82, 2.24) is 15.5 Å². The summed E-state index contributed by atoms with van der Waals surface area (Å²) in [5.41, 5.74) is 5.55. The van der Waals surface area contributed by atoms with E-state index in [9.17, 15) is 9.90 Å². The number of aromatic nitrogens is 2. The van der Waals surface area contributed by atoms with Gasteiger partial charge in [0, 0.05) is 23.8 Å². The number of nitrogens with zero attached hydrogens (tertiary/aromatic N) is 2. The van der Waals surface area contributed by atoms with E-state index in [0.717, 1.165) is 42.7 Å². The average molecular weight is 679 g/mol. The lowest BCUT2D eigenvalue weighted by atomic mass is 9.91. The lowest BCUT2D eigenvalue weighted by Crippen LogP contribution is -2.38. The predicted octanol–water partition coefficient (Wildman–Crippen LogP) is 7.58. The fourth-order valence-electron chi connectivity index (χ4n) is 4.85. The minimum atomic E-state index is -2.03. The standard InChI is InChI=1S/C31H30Cl3N3O4S2/c1-18-26(17-42-30-37-36-19(2)43-30)40-28(41-27(18)22-9-7-20(16-38)8-10-22)23-13-11-21(12-14-23)25-6-4-3-5-24(25)15-35-29(39)31(32,33)34/h3-14,18,26-28,38H,15-17H2,1-2H3,(H,35,39)/t18-,26+,27+,28+/m0/s1. The molecule has 1 saturated heterocycles. The molecule has 3 aromatic carbocycles. The van der Waals surface area contributed by atoms with Crippen LogP contribution in [0.25, 0.3) is 11.1 Å². The molecule has 1 aliphatic rings. The zero-order chi connectivity index (χ0) is 30.6. The van der Waals surface area contributed by atoms with Crippen LogP contribution in [0.4, 0.5) is 0 Å². The smallest absolute Gasteiger partial charge is 0.272 e. The number of hydrogen-bond acceptors (Lipinski definition) is 8. The van der Waals surface area contributed by atoms with Crippen LogP contribution >= 0.6 is 57.9 Å². The van der Waals surface area contributed by atoms with Crippen molar-refractivity contribution in [1.29, 1.82) is 0 Å². The Labute approximate surface area is 273 Å². The molecule has 2 heterocycles. The number of thioether (sulfide) groups is 1. The molecule has 1 aliphatic heterocycles. The topological polar surface area (TPSA) is 93.6 Å². The van der Waals surface area contributed by atoms with Crippen LogP contribution in [0.5, 0.6) is 0 Å². The molecule has 7 nitrogen and oxygen atoms in total. The van der Waals surface area contributed by atoms with Gasteiger partial charge < -0.3 is 19.9 Å². The first kappa shape index (κ1) is 32.2. The molecule has 0 unspecified atom stereocenters. The van der Waals surface area contributed by atoms with E-state index in [2.05, 4.69) is 22.4 Å². The number of alkyl halides is 3. The summed E-state index contributed by atoms with van der Waals surface area (Å²) in [6.45, 7) is 4.28. The first-order chi connectivity index (χ1) is 20.6. The molecule has 0 radical (unpaired) electrons. The van der Waals surface area contributed by atoms with Crippen LogP contribution in [-0.2, 0) is 27.4 Å². The minimum absolute atomic E-state index is 0.0115. The molecule has 0 bridgehead atoms. The highest BCUT2D eigenvalue weighted by Gasteiger charge is 2.38. The number of carbonyl (C=O) groups is 1. The molecule has 0 spiro atoms. The van der Waals surface area contributed by atoms with Gasteiger partial charge in [0.15, 0.2) is 10.6 Å². The number of aliphatic hydroxyl groups excluding tert-OH is 1. The summed E-state index contributed by atoms with van der Waals surface area (Å²) in [5.74, 6) is 0.0801. The third kappa shape index (κ3) is 8.09. The summed E-state index contributed by atoms with van der Waals surface area (Å²) >= 11 is 20.3. The second-order valence-electron chi connectivity index (χ2n) is 10.2. The Bertz CT molecular complexity index is 1530. The van der Waals surface area contributed by atoms with E-state index < -0.39 is 16.0 Å². The van der Waals surface area contributed by atoms with E-state index in [4.69, 9.17) is 44.3 Å². The zero-order valence-electron chi connectivity index (χ0n) is 23.4. The fraction of sp³-hybridized carbons (Fsp3) is 0.323. The first-order valence-electron chi connectivity index (χ1n) is 13.6. The number of hydrogen-bond donors (Lipinski definition) is 2. The number of aliphatic hydroxyl groups is 1. The van der Waals surface area contributed by atoms with Gasteiger partial charge in [0.2, 0.25) is 0 Å². The monoisotopic (exact) mass is 677 g/mol. The Morgan fingerprint density at radius 1 is 1.00 bits per heavy atom. The SMILES string of the molecule is Cc1nnc(SC[C@H]2O[C@@H](c3ccc(-c4ccccc4CNC(=O)C(Cl)(Cl)Cl)cc3)O[C@@H](c3ccc(CO)cc3)[C@H]2C)s1. The Morgan fingerprint density at radius 2 is 1.70 bits per heavy atom. The Kier molecular flexibility index (Phi) is 10.7. The third-order valence-corrected chi connectivity index (χ3v) is 9.79. The molecular formula is C31H30Cl3N3O4S2. The van der Waals surface area contributed by atoms with E-state index in [0.29, 0.717) is 5.75 Å². The van der Waals surface area contributed by atoms with Gasteiger partial charge in [-0.1, -0.05) is 138 Å². The van der Waals surface area contributed by atoms with Crippen molar-refractivity contribution >= 4 is 63.8 Å². The first-order valence-corrected chi connectivity index (χ1v) is 16.5. The number of carbonyl (C=O) groups excluding carboxylic acids is 1. The molecule has 2 N–H and O–H groups in total. The molecule has 5 rings (SSSR count). The molecule has 43 heavy (non-hydrogen) atoms. The van der Waals surface area contributed by atoms with Crippen LogP contribution in [0.3, 0.4) is 0 Å². The van der Waals surface area contributed by atoms with Gasteiger partial charge in [-0.15, -0.1) is 10.2 Å². The Morgan fingerprint density at radius 3 is 2.35 bits per heavy atom. The molecule has 0 aliphatic carbocycles.